The van der Waals surface area contributed by atoms with Gasteiger partial charge < -0.3 is 8.85 Å². The maximum Gasteiger partial charge on any atom is 0.342 e. The van der Waals surface area contributed by atoms with Crippen LogP contribution in [0, 0.1) is 0 Å². The third kappa shape index (κ3) is 3.74. The molecule has 0 N–H and O–H groups in total. The molecule has 0 heterocycles. The van der Waals surface area contributed by atoms with Crippen molar-refractivity contribution in [3.63, 3.8) is 0 Å². The molecule has 2 nitrogen and oxygen atoms in total. The molecule has 0 amide bonds. The summed E-state index contributed by atoms with van der Waals surface area (Å²) >= 11 is 0. The standard InChI is InChI=1S/C13H22O2Si/c1-4-5-11-16(14-2,15-3)12-13-9-7-6-8-10-13/h6-10H,4-5,11-12H2,1-3H3. The Morgan fingerprint density at radius 2 is 1.69 bits per heavy atom. The van der Waals surface area contributed by atoms with Gasteiger partial charge in [0.2, 0.25) is 0 Å². The Hall–Kier alpha value is -0.643. The molecule has 0 saturated heterocycles. The van der Waals surface area contributed by atoms with E-state index in [1.54, 1.807) is 14.2 Å². The van der Waals surface area contributed by atoms with E-state index < -0.39 is 8.56 Å². The van der Waals surface area contributed by atoms with Gasteiger partial charge in [0.1, 0.15) is 0 Å². The molecule has 0 bridgehead atoms. The lowest BCUT2D eigenvalue weighted by Gasteiger charge is -2.27. The minimum absolute atomic E-state index is 0.945. The molecule has 1 aromatic carbocycles. The van der Waals surface area contributed by atoms with Crippen molar-refractivity contribution in [1.82, 2.24) is 0 Å². The van der Waals surface area contributed by atoms with Crippen LogP contribution >= 0.6 is 0 Å². The van der Waals surface area contributed by atoms with Gasteiger partial charge in [-0.25, -0.2) is 0 Å². The lowest BCUT2D eigenvalue weighted by Crippen LogP contribution is -2.42. The predicted molar refractivity (Wildman–Crippen MR) is 69.6 cm³/mol. The molecule has 16 heavy (non-hydrogen) atoms. The van der Waals surface area contributed by atoms with E-state index in [0.29, 0.717) is 0 Å². The van der Waals surface area contributed by atoms with Crippen molar-refractivity contribution in [2.45, 2.75) is 31.9 Å². The van der Waals surface area contributed by atoms with Crippen molar-refractivity contribution in [3.8, 4) is 0 Å². The van der Waals surface area contributed by atoms with Crippen molar-refractivity contribution in [2.75, 3.05) is 14.2 Å². The smallest absolute Gasteiger partial charge is 0.342 e. The molecule has 0 aliphatic carbocycles. The minimum atomic E-state index is -2.01. The van der Waals surface area contributed by atoms with Gasteiger partial charge in [-0.15, -0.1) is 0 Å². The van der Waals surface area contributed by atoms with Crippen molar-refractivity contribution in [1.29, 1.82) is 0 Å². The molecular formula is C13H22O2Si. The Kier molecular flexibility index (Phi) is 5.73. The second-order valence-corrected chi connectivity index (χ2v) is 7.58. The van der Waals surface area contributed by atoms with Gasteiger partial charge in [0, 0.05) is 20.3 Å². The first-order valence-corrected chi connectivity index (χ1v) is 8.13. The zero-order chi connectivity index (χ0) is 11.9. The van der Waals surface area contributed by atoms with Crippen molar-refractivity contribution >= 4 is 8.56 Å². The van der Waals surface area contributed by atoms with Crippen molar-refractivity contribution in [3.05, 3.63) is 35.9 Å². The summed E-state index contributed by atoms with van der Waals surface area (Å²) in [6, 6.07) is 12.5. The monoisotopic (exact) mass is 238 g/mol. The third-order valence-electron chi connectivity index (χ3n) is 2.97. The van der Waals surface area contributed by atoms with Gasteiger partial charge in [0.05, 0.1) is 0 Å². The fraction of sp³-hybridized carbons (Fsp3) is 0.538. The molecule has 1 rings (SSSR count). The summed E-state index contributed by atoms with van der Waals surface area (Å²) in [7, 11) is 1.57. The van der Waals surface area contributed by atoms with Gasteiger partial charge in [-0.05, 0) is 11.6 Å². The van der Waals surface area contributed by atoms with Gasteiger partial charge >= 0.3 is 8.56 Å². The van der Waals surface area contributed by atoms with E-state index in [9.17, 15) is 0 Å². The Balaban J connectivity index is 2.70. The van der Waals surface area contributed by atoms with Crippen LogP contribution in [-0.4, -0.2) is 22.8 Å². The number of unbranched alkanes of at least 4 members (excludes halogenated alkanes) is 1. The average Bonchev–Trinajstić information content (AvgIpc) is 2.36. The Bertz CT molecular complexity index is 283. The first kappa shape index (κ1) is 13.4. The van der Waals surface area contributed by atoms with Crippen LogP contribution in [0.3, 0.4) is 0 Å². The van der Waals surface area contributed by atoms with E-state index in [2.05, 4.69) is 31.2 Å². The van der Waals surface area contributed by atoms with Crippen LogP contribution < -0.4 is 0 Å². The molecule has 0 aromatic heterocycles. The van der Waals surface area contributed by atoms with Gasteiger partial charge in [-0.3, -0.25) is 0 Å². The minimum Gasteiger partial charge on any atom is -0.397 e. The molecule has 0 aliphatic heterocycles. The fourth-order valence-corrected chi connectivity index (χ4v) is 4.66. The SMILES string of the molecule is CCCC[Si](Cc1ccccc1)(OC)OC. The first-order valence-electron chi connectivity index (χ1n) is 5.90. The molecule has 0 radical (unpaired) electrons. The van der Waals surface area contributed by atoms with E-state index in [-0.39, 0.29) is 0 Å². The maximum absolute atomic E-state index is 5.71. The highest BCUT2D eigenvalue weighted by atomic mass is 28.4. The Morgan fingerprint density at radius 3 is 2.19 bits per heavy atom. The first-order chi connectivity index (χ1) is 7.76. The van der Waals surface area contributed by atoms with E-state index in [0.717, 1.165) is 12.1 Å². The summed E-state index contributed by atoms with van der Waals surface area (Å²) in [5.41, 5.74) is 1.31. The van der Waals surface area contributed by atoms with Gasteiger partial charge in [0.25, 0.3) is 0 Å². The zero-order valence-electron chi connectivity index (χ0n) is 10.5. The Labute approximate surface area is 99.8 Å². The second kappa shape index (κ2) is 6.84. The topological polar surface area (TPSA) is 18.5 Å². The molecule has 1 aromatic rings. The number of hydrogen-bond donors (Lipinski definition) is 0. The highest BCUT2D eigenvalue weighted by Gasteiger charge is 2.34. The van der Waals surface area contributed by atoms with Crippen molar-refractivity contribution in [2.24, 2.45) is 0 Å². The summed E-state index contributed by atoms with van der Waals surface area (Å²) in [5, 5.41) is 0. The van der Waals surface area contributed by atoms with Crippen LogP contribution in [-0.2, 0) is 14.9 Å². The highest BCUT2D eigenvalue weighted by Crippen LogP contribution is 2.20. The Morgan fingerprint density at radius 1 is 1.06 bits per heavy atom. The molecule has 3 heteroatoms. The van der Waals surface area contributed by atoms with Gasteiger partial charge in [-0.2, -0.15) is 0 Å². The van der Waals surface area contributed by atoms with Crippen LogP contribution in [0.5, 0.6) is 0 Å². The van der Waals surface area contributed by atoms with Crippen LogP contribution in [0.2, 0.25) is 6.04 Å². The molecular weight excluding hydrogens is 216 g/mol. The maximum atomic E-state index is 5.71. The van der Waals surface area contributed by atoms with E-state index in [1.165, 1.54) is 18.4 Å². The van der Waals surface area contributed by atoms with Crippen LogP contribution in [0.15, 0.2) is 30.3 Å². The number of rotatable bonds is 7. The zero-order valence-corrected chi connectivity index (χ0v) is 11.5. The summed E-state index contributed by atoms with van der Waals surface area (Å²) < 4.78 is 11.4. The van der Waals surface area contributed by atoms with Crippen LogP contribution in [0.1, 0.15) is 25.3 Å². The lowest BCUT2D eigenvalue weighted by molar-refractivity contribution is 0.239. The summed E-state index contributed by atoms with van der Waals surface area (Å²) in [6.07, 6.45) is 2.37. The quantitative estimate of drug-likeness (QED) is 0.679. The largest absolute Gasteiger partial charge is 0.397 e. The van der Waals surface area contributed by atoms with E-state index in [4.69, 9.17) is 8.85 Å². The molecule has 0 saturated carbocycles. The van der Waals surface area contributed by atoms with E-state index in [1.807, 2.05) is 6.07 Å². The average molecular weight is 238 g/mol. The van der Waals surface area contributed by atoms with Crippen LogP contribution in [0.25, 0.3) is 0 Å². The fourth-order valence-electron chi connectivity index (χ4n) is 1.87. The van der Waals surface area contributed by atoms with Crippen molar-refractivity contribution < 1.29 is 8.85 Å². The molecule has 0 unspecified atom stereocenters. The predicted octanol–water partition coefficient (Wildman–Crippen LogP) is 3.30. The summed E-state index contributed by atoms with van der Waals surface area (Å²) in [5.74, 6) is 0. The van der Waals surface area contributed by atoms with Gasteiger partial charge in [0.15, 0.2) is 0 Å². The lowest BCUT2D eigenvalue weighted by atomic mass is 10.2. The van der Waals surface area contributed by atoms with Gasteiger partial charge in [-0.1, -0.05) is 50.1 Å². The number of hydrogen-bond acceptors (Lipinski definition) is 2. The number of benzene rings is 1. The summed E-state index contributed by atoms with van der Waals surface area (Å²) in [4.78, 5) is 0. The molecule has 90 valence electrons. The summed E-state index contributed by atoms with van der Waals surface area (Å²) in [6.45, 7) is 2.20. The molecule has 0 aliphatic rings. The highest BCUT2D eigenvalue weighted by molar-refractivity contribution is 6.66. The third-order valence-corrected chi connectivity index (χ3v) is 6.52. The van der Waals surface area contributed by atoms with E-state index >= 15 is 0 Å². The van der Waals surface area contributed by atoms with Crippen LogP contribution in [0.4, 0.5) is 0 Å². The molecule has 0 spiro atoms. The normalized spacial score (nSPS) is 11.7. The molecule has 0 atom stereocenters. The molecule has 0 fully saturated rings. The second-order valence-electron chi connectivity index (χ2n) is 4.08.